The Balaban J connectivity index is 2.46. The van der Waals surface area contributed by atoms with Gasteiger partial charge in [-0.1, -0.05) is 0 Å². The minimum absolute atomic E-state index is 0.259. The Morgan fingerprint density at radius 3 is 2.58 bits per heavy atom. The van der Waals surface area contributed by atoms with Crippen molar-refractivity contribution in [2.24, 2.45) is 5.92 Å². The van der Waals surface area contributed by atoms with Gasteiger partial charge in [-0.05, 0) is 20.3 Å². The minimum atomic E-state index is -0.593. The lowest BCUT2D eigenvalue weighted by molar-refractivity contribution is -0.0309. The number of rotatable bonds is 2. The second-order valence-electron chi connectivity index (χ2n) is 4.10. The molecule has 0 aromatic rings. The molecular weight excluding hydrogens is 154 g/mol. The first-order chi connectivity index (χ1) is 5.54. The summed E-state index contributed by atoms with van der Waals surface area (Å²) in [6.45, 7) is 5.52. The van der Waals surface area contributed by atoms with Crippen molar-refractivity contribution in [1.82, 2.24) is 5.32 Å². The van der Waals surface area contributed by atoms with Gasteiger partial charge in [0.1, 0.15) is 0 Å². The second kappa shape index (κ2) is 3.73. The van der Waals surface area contributed by atoms with Crippen molar-refractivity contribution in [3.05, 3.63) is 0 Å². The van der Waals surface area contributed by atoms with Crippen LogP contribution in [-0.2, 0) is 4.74 Å². The molecule has 0 aliphatic carbocycles. The smallest absolute Gasteiger partial charge is 0.0699 e. The maximum atomic E-state index is 9.76. The maximum Gasteiger partial charge on any atom is 0.0699 e. The first-order valence-corrected chi connectivity index (χ1v) is 4.50. The predicted molar refractivity (Wildman–Crippen MR) is 48.1 cm³/mol. The fourth-order valence-corrected chi connectivity index (χ4v) is 1.62. The molecule has 0 amide bonds. The molecule has 1 heterocycles. The van der Waals surface area contributed by atoms with Gasteiger partial charge in [-0.3, -0.25) is 0 Å². The lowest BCUT2D eigenvalue weighted by Crippen LogP contribution is -2.48. The van der Waals surface area contributed by atoms with Crippen molar-refractivity contribution < 1.29 is 9.84 Å². The summed E-state index contributed by atoms with van der Waals surface area (Å²) in [6.07, 6.45) is 1.21. The number of methoxy groups -OCH3 is 1. The topological polar surface area (TPSA) is 41.5 Å². The summed E-state index contributed by atoms with van der Waals surface area (Å²) in [5.74, 6) is 0.302. The van der Waals surface area contributed by atoms with Gasteiger partial charge in [0.05, 0.1) is 11.7 Å². The van der Waals surface area contributed by atoms with Gasteiger partial charge >= 0.3 is 0 Å². The zero-order valence-electron chi connectivity index (χ0n) is 8.13. The normalized spacial score (nSPS) is 32.0. The molecule has 0 radical (unpaired) electrons. The van der Waals surface area contributed by atoms with Gasteiger partial charge in [-0.25, -0.2) is 0 Å². The van der Waals surface area contributed by atoms with Crippen molar-refractivity contribution in [2.75, 3.05) is 20.2 Å². The monoisotopic (exact) mass is 173 g/mol. The Labute approximate surface area is 74.1 Å². The van der Waals surface area contributed by atoms with Crippen LogP contribution in [0.3, 0.4) is 0 Å². The third-order valence-electron chi connectivity index (χ3n) is 2.64. The second-order valence-corrected chi connectivity index (χ2v) is 4.10. The fourth-order valence-electron chi connectivity index (χ4n) is 1.62. The van der Waals surface area contributed by atoms with Crippen molar-refractivity contribution in [3.63, 3.8) is 0 Å². The van der Waals surface area contributed by atoms with Crippen LogP contribution in [0.1, 0.15) is 20.3 Å². The van der Waals surface area contributed by atoms with Gasteiger partial charge in [0.15, 0.2) is 0 Å². The van der Waals surface area contributed by atoms with Crippen molar-refractivity contribution in [2.45, 2.75) is 32.0 Å². The Hall–Kier alpha value is -0.120. The minimum Gasteiger partial charge on any atom is -0.390 e. The van der Waals surface area contributed by atoms with Crippen LogP contribution in [0.4, 0.5) is 0 Å². The molecule has 1 aliphatic rings. The van der Waals surface area contributed by atoms with Crippen molar-refractivity contribution in [1.29, 1.82) is 0 Å². The number of ether oxygens (including phenoxy) is 1. The molecule has 0 aromatic carbocycles. The molecule has 12 heavy (non-hydrogen) atoms. The van der Waals surface area contributed by atoms with Crippen LogP contribution < -0.4 is 5.32 Å². The Bertz CT molecular complexity index is 142. The molecular formula is C9H19NO2. The highest BCUT2D eigenvalue weighted by Crippen LogP contribution is 2.24. The van der Waals surface area contributed by atoms with Gasteiger partial charge in [-0.15, -0.1) is 0 Å². The standard InChI is InChI=1S/C9H19NO2/c1-9(2,11)7-4-8(12-3)6-10-5-7/h7-8,10-11H,4-6H2,1-3H3/t7-,8+/m0/s1. The summed E-state index contributed by atoms with van der Waals surface area (Å²) in [4.78, 5) is 0. The highest BCUT2D eigenvalue weighted by molar-refractivity contribution is 4.86. The molecule has 1 saturated heterocycles. The average Bonchev–Trinajstić information content (AvgIpc) is 2.03. The lowest BCUT2D eigenvalue weighted by atomic mass is 9.84. The molecule has 0 saturated carbocycles. The molecule has 3 heteroatoms. The highest BCUT2D eigenvalue weighted by atomic mass is 16.5. The van der Waals surface area contributed by atoms with Crippen LogP contribution in [0.5, 0.6) is 0 Å². The summed E-state index contributed by atoms with van der Waals surface area (Å²) >= 11 is 0. The molecule has 3 nitrogen and oxygen atoms in total. The summed E-state index contributed by atoms with van der Waals surface area (Å²) in [7, 11) is 1.72. The van der Waals surface area contributed by atoms with E-state index in [1.165, 1.54) is 0 Å². The third kappa shape index (κ3) is 2.44. The van der Waals surface area contributed by atoms with E-state index in [-0.39, 0.29) is 6.10 Å². The quantitative estimate of drug-likeness (QED) is 0.634. The average molecular weight is 173 g/mol. The van der Waals surface area contributed by atoms with Crippen LogP contribution in [0, 0.1) is 5.92 Å². The maximum absolute atomic E-state index is 9.76. The van der Waals surface area contributed by atoms with Crippen molar-refractivity contribution >= 4 is 0 Å². The molecule has 1 fully saturated rings. The van der Waals surface area contributed by atoms with E-state index in [9.17, 15) is 5.11 Å². The Morgan fingerprint density at radius 1 is 1.42 bits per heavy atom. The first kappa shape index (κ1) is 9.96. The third-order valence-corrected chi connectivity index (χ3v) is 2.64. The molecule has 0 unspecified atom stereocenters. The molecule has 1 rings (SSSR count). The van der Waals surface area contributed by atoms with Gasteiger partial charge in [0, 0.05) is 26.1 Å². The van der Waals surface area contributed by atoms with E-state index in [1.54, 1.807) is 7.11 Å². The zero-order chi connectivity index (χ0) is 9.19. The molecule has 2 N–H and O–H groups in total. The number of aliphatic hydroxyl groups is 1. The summed E-state index contributed by atoms with van der Waals surface area (Å²) in [5.41, 5.74) is -0.593. The zero-order valence-corrected chi connectivity index (χ0v) is 8.13. The van der Waals surface area contributed by atoms with Gasteiger partial charge in [0.25, 0.3) is 0 Å². The number of hydrogen-bond acceptors (Lipinski definition) is 3. The first-order valence-electron chi connectivity index (χ1n) is 4.50. The summed E-state index contributed by atoms with van der Waals surface area (Å²) in [5, 5.41) is 13.0. The molecule has 0 aromatic heterocycles. The van der Waals surface area contributed by atoms with E-state index in [4.69, 9.17) is 4.74 Å². The largest absolute Gasteiger partial charge is 0.390 e. The van der Waals surface area contributed by atoms with E-state index >= 15 is 0 Å². The van der Waals surface area contributed by atoms with Gasteiger partial charge in [0.2, 0.25) is 0 Å². The van der Waals surface area contributed by atoms with Crippen LogP contribution >= 0.6 is 0 Å². The van der Waals surface area contributed by atoms with Crippen LogP contribution in [-0.4, -0.2) is 37.0 Å². The molecule has 2 atom stereocenters. The lowest BCUT2D eigenvalue weighted by Gasteiger charge is -2.36. The molecule has 72 valence electrons. The molecule has 0 spiro atoms. The van der Waals surface area contributed by atoms with Gasteiger partial charge in [-0.2, -0.15) is 0 Å². The van der Waals surface area contributed by atoms with Crippen LogP contribution in [0.25, 0.3) is 0 Å². The summed E-state index contributed by atoms with van der Waals surface area (Å²) in [6, 6.07) is 0. The van der Waals surface area contributed by atoms with E-state index < -0.39 is 5.60 Å². The number of nitrogens with one attached hydrogen (secondary N) is 1. The van der Waals surface area contributed by atoms with Crippen LogP contribution in [0.15, 0.2) is 0 Å². The SMILES string of the molecule is CO[C@H]1CNC[C@@H](C(C)(C)O)C1. The predicted octanol–water partition coefficient (Wildman–Crippen LogP) is 0.382. The molecule has 1 aliphatic heterocycles. The van der Waals surface area contributed by atoms with Crippen LogP contribution in [0.2, 0.25) is 0 Å². The fraction of sp³-hybridized carbons (Fsp3) is 1.00. The Morgan fingerprint density at radius 2 is 2.08 bits per heavy atom. The van der Waals surface area contributed by atoms with E-state index in [2.05, 4.69) is 5.32 Å². The van der Waals surface area contributed by atoms with Gasteiger partial charge < -0.3 is 15.2 Å². The Kier molecular flexibility index (Phi) is 3.09. The van der Waals surface area contributed by atoms with E-state index in [0.717, 1.165) is 19.5 Å². The highest BCUT2D eigenvalue weighted by Gasteiger charge is 2.31. The van der Waals surface area contributed by atoms with E-state index in [1.807, 2.05) is 13.8 Å². The number of piperidine rings is 1. The van der Waals surface area contributed by atoms with E-state index in [0.29, 0.717) is 5.92 Å². The molecule has 0 bridgehead atoms. The number of hydrogen-bond donors (Lipinski definition) is 2. The van der Waals surface area contributed by atoms with Crippen molar-refractivity contribution in [3.8, 4) is 0 Å². The summed E-state index contributed by atoms with van der Waals surface area (Å²) < 4.78 is 5.24.